The maximum absolute atomic E-state index is 12.9. The van der Waals surface area contributed by atoms with Gasteiger partial charge in [-0.3, -0.25) is 19.5 Å². The Morgan fingerprint density at radius 3 is 2.37 bits per heavy atom. The van der Waals surface area contributed by atoms with Crippen molar-refractivity contribution in [1.29, 1.82) is 0 Å². The Morgan fingerprint density at radius 2 is 1.77 bits per heavy atom. The number of benzene rings is 1. The van der Waals surface area contributed by atoms with E-state index in [2.05, 4.69) is 9.72 Å². The van der Waals surface area contributed by atoms with E-state index in [1.807, 2.05) is 0 Å². The van der Waals surface area contributed by atoms with Crippen molar-refractivity contribution in [2.75, 3.05) is 12.0 Å². The number of methoxy groups -OCH3 is 1. The number of aliphatic hydroxyl groups is 1. The molecule has 0 bridgehead atoms. The molecule has 0 aliphatic carbocycles. The summed E-state index contributed by atoms with van der Waals surface area (Å²) in [4.78, 5) is 42.6. The molecule has 1 aliphatic heterocycles. The number of hydrogen-bond donors (Lipinski definition) is 1. The van der Waals surface area contributed by atoms with Crippen LogP contribution >= 0.6 is 0 Å². The summed E-state index contributed by atoms with van der Waals surface area (Å²) in [6.45, 7) is 0. The third-order valence-electron chi connectivity index (χ3n) is 4.78. The summed E-state index contributed by atoms with van der Waals surface area (Å²) in [5.74, 6) is -2.21. The molecule has 4 rings (SSSR count). The molecule has 1 atom stereocenters. The topological polar surface area (TPSA) is 110 Å². The second-order valence-electron chi connectivity index (χ2n) is 6.46. The van der Waals surface area contributed by atoms with E-state index in [1.165, 1.54) is 67.1 Å². The van der Waals surface area contributed by atoms with E-state index in [0.717, 1.165) is 0 Å². The lowest BCUT2D eigenvalue weighted by atomic mass is 9.99. The van der Waals surface area contributed by atoms with E-state index in [1.54, 1.807) is 12.1 Å². The van der Waals surface area contributed by atoms with Crippen molar-refractivity contribution in [3.05, 3.63) is 89.6 Å². The van der Waals surface area contributed by atoms with Crippen molar-refractivity contribution in [2.24, 2.45) is 0 Å². The number of aromatic nitrogens is 1. The highest BCUT2D eigenvalue weighted by Gasteiger charge is 2.48. The molecule has 3 heterocycles. The normalized spacial score (nSPS) is 17.9. The lowest BCUT2D eigenvalue weighted by Gasteiger charge is -2.23. The molecular formula is C22H16N2O6. The number of aliphatic hydroxyl groups excluding tert-OH is 1. The van der Waals surface area contributed by atoms with Gasteiger partial charge in [0, 0.05) is 23.6 Å². The summed E-state index contributed by atoms with van der Waals surface area (Å²) >= 11 is 0. The standard InChI is InChI=1S/C22H16N2O6/c1-29-22(28)14-4-6-15(7-5-14)24-18(16-3-2-12-30-16)17(20(26)21(24)27)19(25)13-8-10-23-11-9-13/h2-12,18,25H,1H3/b19-17-. The Morgan fingerprint density at radius 1 is 1.07 bits per heavy atom. The van der Waals surface area contributed by atoms with Crippen LogP contribution in [0, 0.1) is 0 Å². The summed E-state index contributed by atoms with van der Waals surface area (Å²) in [6, 6.07) is 11.4. The van der Waals surface area contributed by atoms with Crippen LogP contribution < -0.4 is 4.90 Å². The van der Waals surface area contributed by atoms with Crippen LogP contribution in [-0.4, -0.2) is 34.9 Å². The summed E-state index contributed by atoms with van der Waals surface area (Å²) in [5, 5.41) is 10.8. The third-order valence-corrected chi connectivity index (χ3v) is 4.78. The van der Waals surface area contributed by atoms with Crippen LogP contribution in [0.15, 0.2) is 77.2 Å². The number of hydrogen-bond acceptors (Lipinski definition) is 7. The maximum atomic E-state index is 12.9. The monoisotopic (exact) mass is 404 g/mol. The Labute approximate surface area is 171 Å². The minimum absolute atomic E-state index is 0.0989. The number of ether oxygens (including phenoxy) is 1. The second-order valence-corrected chi connectivity index (χ2v) is 6.46. The highest BCUT2D eigenvalue weighted by molar-refractivity contribution is 6.51. The molecular weight excluding hydrogens is 388 g/mol. The summed E-state index contributed by atoms with van der Waals surface area (Å²) in [7, 11) is 1.27. The zero-order chi connectivity index (χ0) is 21.3. The molecule has 1 unspecified atom stereocenters. The van der Waals surface area contributed by atoms with Crippen molar-refractivity contribution in [3.63, 3.8) is 0 Å². The number of amides is 1. The van der Waals surface area contributed by atoms with E-state index in [-0.39, 0.29) is 11.3 Å². The highest BCUT2D eigenvalue weighted by Crippen LogP contribution is 2.42. The second kappa shape index (κ2) is 7.67. The van der Waals surface area contributed by atoms with E-state index >= 15 is 0 Å². The van der Waals surface area contributed by atoms with Gasteiger partial charge in [-0.2, -0.15) is 0 Å². The van der Waals surface area contributed by atoms with Crippen LogP contribution in [0.3, 0.4) is 0 Å². The number of nitrogens with zero attached hydrogens (tertiary/aromatic N) is 2. The number of anilines is 1. The smallest absolute Gasteiger partial charge is 0.337 e. The van der Waals surface area contributed by atoms with Crippen LogP contribution in [0.1, 0.15) is 27.7 Å². The van der Waals surface area contributed by atoms with Crippen LogP contribution in [0.4, 0.5) is 5.69 Å². The molecule has 3 aromatic rings. The van der Waals surface area contributed by atoms with Gasteiger partial charge in [-0.1, -0.05) is 0 Å². The molecule has 0 saturated carbocycles. The van der Waals surface area contributed by atoms with E-state index < -0.39 is 23.7 Å². The van der Waals surface area contributed by atoms with Gasteiger partial charge < -0.3 is 14.3 Å². The van der Waals surface area contributed by atoms with Gasteiger partial charge in [-0.25, -0.2) is 4.79 Å². The first kappa shape index (κ1) is 19.1. The molecule has 1 N–H and O–H groups in total. The molecule has 8 nitrogen and oxygen atoms in total. The summed E-state index contributed by atoms with van der Waals surface area (Å²) in [5.41, 5.74) is 0.905. The number of furan rings is 1. The summed E-state index contributed by atoms with van der Waals surface area (Å²) in [6.07, 6.45) is 4.36. The fourth-order valence-corrected chi connectivity index (χ4v) is 3.36. The maximum Gasteiger partial charge on any atom is 0.337 e. The van der Waals surface area contributed by atoms with Crippen molar-refractivity contribution in [1.82, 2.24) is 4.98 Å². The predicted octanol–water partition coefficient (Wildman–Crippen LogP) is 3.09. The lowest BCUT2D eigenvalue weighted by molar-refractivity contribution is -0.132. The Kier molecular flexibility index (Phi) is 4.89. The van der Waals surface area contributed by atoms with E-state index in [9.17, 15) is 19.5 Å². The van der Waals surface area contributed by atoms with Crippen molar-refractivity contribution < 1.29 is 28.6 Å². The third kappa shape index (κ3) is 3.14. The molecule has 2 aromatic heterocycles. The van der Waals surface area contributed by atoms with Gasteiger partial charge in [0.25, 0.3) is 11.7 Å². The number of pyridine rings is 1. The lowest BCUT2D eigenvalue weighted by Crippen LogP contribution is -2.29. The molecule has 0 spiro atoms. The molecule has 1 aliphatic rings. The minimum Gasteiger partial charge on any atom is -0.507 e. The van der Waals surface area contributed by atoms with Gasteiger partial charge in [0.1, 0.15) is 17.6 Å². The molecule has 1 amide bonds. The van der Waals surface area contributed by atoms with Gasteiger partial charge in [0.15, 0.2) is 0 Å². The van der Waals surface area contributed by atoms with Gasteiger partial charge >= 0.3 is 5.97 Å². The first-order valence-electron chi connectivity index (χ1n) is 8.96. The molecule has 30 heavy (non-hydrogen) atoms. The molecule has 1 aromatic carbocycles. The number of ketones is 1. The predicted molar refractivity (Wildman–Crippen MR) is 106 cm³/mol. The zero-order valence-electron chi connectivity index (χ0n) is 15.8. The molecule has 8 heteroatoms. The van der Waals surface area contributed by atoms with Crippen LogP contribution in [0.5, 0.6) is 0 Å². The van der Waals surface area contributed by atoms with Crippen LogP contribution in [0.2, 0.25) is 0 Å². The van der Waals surface area contributed by atoms with E-state index in [4.69, 9.17) is 4.42 Å². The SMILES string of the molecule is COC(=O)c1ccc(N2C(=O)C(=O)/C(=C(\O)c3ccncc3)C2c2ccco2)cc1. The Hall–Kier alpha value is -4.20. The zero-order valence-corrected chi connectivity index (χ0v) is 15.8. The first-order valence-corrected chi connectivity index (χ1v) is 8.96. The van der Waals surface area contributed by atoms with Gasteiger partial charge in [-0.05, 0) is 48.5 Å². The quantitative estimate of drug-likeness (QED) is 0.308. The number of carbonyl (C=O) groups excluding carboxylic acids is 3. The fraction of sp³-hybridized carbons (Fsp3) is 0.0909. The van der Waals surface area contributed by atoms with Gasteiger partial charge in [0.05, 0.1) is 24.5 Å². The number of esters is 1. The average molecular weight is 404 g/mol. The number of rotatable bonds is 4. The van der Waals surface area contributed by atoms with Gasteiger partial charge in [0.2, 0.25) is 0 Å². The Balaban J connectivity index is 1.86. The minimum atomic E-state index is -0.975. The fourth-order valence-electron chi connectivity index (χ4n) is 3.36. The van der Waals surface area contributed by atoms with Crippen molar-refractivity contribution in [2.45, 2.75) is 6.04 Å². The van der Waals surface area contributed by atoms with Gasteiger partial charge in [-0.15, -0.1) is 0 Å². The molecule has 1 saturated heterocycles. The molecule has 0 radical (unpaired) electrons. The first-order chi connectivity index (χ1) is 14.5. The Bertz CT molecular complexity index is 1130. The number of carbonyl (C=O) groups is 3. The highest BCUT2D eigenvalue weighted by atomic mass is 16.5. The van der Waals surface area contributed by atoms with Crippen molar-refractivity contribution in [3.8, 4) is 0 Å². The van der Waals surface area contributed by atoms with Crippen LogP contribution in [0.25, 0.3) is 5.76 Å². The largest absolute Gasteiger partial charge is 0.507 e. The van der Waals surface area contributed by atoms with Crippen molar-refractivity contribution >= 4 is 29.1 Å². The average Bonchev–Trinajstić information content (AvgIpc) is 3.40. The van der Waals surface area contributed by atoms with E-state index in [0.29, 0.717) is 22.6 Å². The van der Waals surface area contributed by atoms with Crippen LogP contribution in [-0.2, 0) is 14.3 Å². The summed E-state index contributed by atoms with van der Waals surface area (Å²) < 4.78 is 10.2. The number of Topliss-reactive ketones (excluding diaryl/α,β-unsaturated/α-hetero) is 1. The molecule has 1 fully saturated rings. The molecule has 150 valence electrons.